The summed E-state index contributed by atoms with van der Waals surface area (Å²) in [6.07, 6.45) is 14.0. The number of ether oxygens (including phenoxy) is 1. The van der Waals surface area contributed by atoms with E-state index in [9.17, 15) is 14.4 Å². The fourth-order valence-electron chi connectivity index (χ4n) is 3.98. The Balaban J connectivity index is 5.05. The number of rotatable bonds is 19. The van der Waals surface area contributed by atoms with Crippen molar-refractivity contribution in [3.8, 4) is 0 Å². The predicted octanol–water partition coefficient (Wildman–Crippen LogP) is 10.4. The Morgan fingerprint density at radius 3 is 1.82 bits per heavy atom. The molecule has 0 N–H and O–H groups in total. The molecular formula is C37H68O6Si2. The Labute approximate surface area is 279 Å². The highest BCUT2D eigenvalue weighted by Crippen LogP contribution is 2.38. The van der Waals surface area contributed by atoms with Gasteiger partial charge in [-0.25, -0.2) is 4.79 Å². The molecule has 0 aliphatic carbocycles. The molecule has 0 saturated heterocycles. The Bertz CT molecular complexity index is 1030. The van der Waals surface area contributed by atoms with E-state index in [4.69, 9.17) is 13.6 Å². The van der Waals surface area contributed by atoms with E-state index in [2.05, 4.69) is 93.7 Å². The first-order valence-electron chi connectivity index (χ1n) is 17.0. The Morgan fingerprint density at radius 2 is 1.31 bits per heavy atom. The molecule has 0 heterocycles. The number of esters is 1. The van der Waals surface area contributed by atoms with Gasteiger partial charge in [-0.1, -0.05) is 72.8 Å². The first-order valence-corrected chi connectivity index (χ1v) is 22.8. The molecule has 0 aromatic carbocycles. The van der Waals surface area contributed by atoms with Gasteiger partial charge < -0.3 is 13.6 Å². The summed E-state index contributed by atoms with van der Waals surface area (Å²) in [5, 5.41) is 0.280. The van der Waals surface area contributed by atoms with Crippen LogP contribution >= 0.6 is 0 Å². The number of carbonyl (C=O) groups excluding carboxylic acids is 3. The zero-order chi connectivity index (χ0) is 35.3. The van der Waals surface area contributed by atoms with E-state index in [1.54, 1.807) is 32.9 Å². The average molecular weight is 665 g/mol. The summed E-state index contributed by atoms with van der Waals surface area (Å²) in [5.41, 5.74) is -0.602. The molecule has 0 amide bonds. The summed E-state index contributed by atoms with van der Waals surface area (Å²) in [5.74, 6) is -0.745. The number of hydrogen-bond donors (Lipinski definition) is 0. The van der Waals surface area contributed by atoms with Crippen LogP contribution in [-0.2, 0) is 28.0 Å². The van der Waals surface area contributed by atoms with Gasteiger partial charge >= 0.3 is 5.97 Å². The second-order valence-corrected chi connectivity index (χ2v) is 25.9. The van der Waals surface area contributed by atoms with Crippen LogP contribution in [0.2, 0.25) is 36.3 Å². The highest BCUT2D eigenvalue weighted by atomic mass is 28.4. The summed E-state index contributed by atoms with van der Waals surface area (Å²) >= 11 is 0. The lowest BCUT2D eigenvalue weighted by atomic mass is 10.0. The van der Waals surface area contributed by atoms with Gasteiger partial charge in [-0.3, -0.25) is 9.59 Å². The largest absolute Gasteiger partial charge is 0.456 e. The summed E-state index contributed by atoms with van der Waals surface area (Å²) in [4.78, 5) is 38.4. The number of ketones is 2. The van der Waals surface area contributed by atoms with E-state index < -0.39 is 28.2 Å². The standard InChI is InChI=1S/C37H68O6Si2/c1-16-31(43-45(14,15)37(9,10)11)26-21-20-25-30(38)24-18-17-19-27-32(34(40)41-35(3,4)5)33(39)28-22-23-29(2)42-44(12,13)36(6,7)8/h18,21,24,26-27,29,31H,16-17,19-20,22-23,25,28H2,1-15H3/b24-18+,26-21-,32-27-/t29-,31+/m1/s1. The van der Waals surface area contributed by atoms with Crippen LogP contribution in [-0.4, -0.2) is 52.0 Å². The van der Waals surface area contributed by atoms with Crippen molar-refractivity contribution in [1.29, 1.82) is 0 Å². The van der Waals surface area contributed by atoms with Crippen molar-refractivity contribution in [2.24, 2.45) is 0 Å². The highest BCUT2D eigenvalue weighted by Gasteiger charge is 2.39. The normalized spacial score (nSPS) is 15.5. The van der Waals surface area contributed by atoms with Crippen molar-refractivity contribution in [2.45, 2.75) is 182 Å². The lowest BCUT2D eigenvalue weighted by molar-refractivity contribution is -0.150. The molecule has 0 aliphatic rings. The van der Waals surface area contributed by atoms with E-state index in [-0.39, 0.29) is 45.8 Å². The molecule has 0 radical (unpaired) electrons. The molecule has 0 bridgehead atoms. The third-order valence-electron chi connectivity index (χ3n) is 8.78. The molecule has 0 aromatic rings. The molecule has 0 aromatic heterocycles. The second kappa shape index (κ2) is 18.7. The molecule has 0 rings (SSSR count). The van der Waals surface area contributed by atoms with Crippen LogP contribution in [0.5, 0.6) is 0 Å². The molecule has 0 saturated carbocycles. The van der Waals surface area contributed by atoms with Crippen molar-refractivity contribution in [3.63, 3.8) is 0 Å². The minimum absolute atomic E-state index is 0.0505. The van der Waals surface area contributed by atoms with Crippen molar-refractivity contribution in [3.05, 3.63) is 36.0 Å². The quantitative estimate of drug-likeness (QED) is 0.0260. The van der Waals surface area contributed by atoms with Crippen LogP contribution in [0.4, 0.5) is 0 Å². The van der Waals surface area contributed by atoms with E-state index in [1.807, 2.05) is 6.08 Å². The molecular weight excluding hydrogens is 597 g/mol. The van der Waals surface area contributed by atoms with Crippen LogP contribution in [0.3, 0.4) is 0 Å². The minimum atomic E-state index is -1.88. The monoisotopic (exact) mass is 664 g/mol. The van der Waals surface area contributed by atoms with Gasteiger partial charge in [0, 0.05) is 18.9 Å². The Morgan fingerprint density at radius 1 is 0.756 bits per heavy atom. The predicted molar refractivity (Wildman–Crippen MR) is 195 cm³/mol. The van der Waals surface area contributed by atoms with E-state index in [0.29, 0.717) is 32.1 Å². The summed E-state index contributed by atoms with van der Waals surface area (Å²) in [7, 11) is -3.73. The van der Waals surface area contributed by atoms with Gasteiger partial charge in [0.05, 0.1) is 11.7 Å². The zero-order valence-corrected chi connectivity index (χ0v) is 33.6. The van der Waals surface area contributed by atoms with Crippen LogP contribution < -0.4 is 0 Å². The van der Waals surface area contributed by atoms with Crippen LogP contribution in [0.25, 0.3) is 0 Å². The van der Waals surface area contributed by atoms with Crippen molar-refractivity contribution >= 4 is 34.2 Å². The number of allylic oxidation sites excluding steroid dienone is 4. The summed E-state index contributed by atoms with van der Waals surface area (Å²) < 4.78 is 18.4. The summed E-state index contributed by atoms with van der Waals surface area (Å²) in [6, 6.07) is 0. The van der Waals surface area contributed by atoms with Gasteiger partial charge in [-0.05, 0) is 109 Å². The van der Waals surface area contributed by atoms with Crippen LogP contribution in [0, 0.1) is 0 Å². The van der Waals surface area contributed by atoms with Gasteiger partial charge in [0.1, 0.15) is 5.60 Å². The molecule has 8 heteroatoms. The third-order valence-corrected chi connectivity index (χ3v) is 17.9. The molecule has 0 aliphatic heterocycles. The van der Waals surface area contributed by atoms with Gasteiger partial charge in [-0.15, -0.1) is 0 Å². The van der Waals surface area contributed by atoms with Gasteiger partial charge in [-0.2, -0.15) is 0 Å². The molecule has 6 nitrogen and oxygen atoms in total. The zero-order valence-electron chi connectivity index (χ0n) is 31.6. The minimum Gasteiger partial charge on any atom is -0.456 e. The first kappa shape index (κ1) is 43.4. The molecule has 45 heavy (non-hydrogen) atoms. The molecule has 260 valence electrons. The molecule has 2 atom stereocenters. The maximum absolute atomic E-state index is 13.1. The maximum atomic E-state index is 13.1. The van der Waals surface area contributed by atoms with Crippen molar-refractivity contribution in [2.75, 3.05) is 0 Å². The number of carbonyl (C=O) groups is 3. The molecule has 0 fully saturated rings. The van der Waals surface area contributed by atoms with Crippen molar-refractivity contribution < 1.29 is 28.0 Å². The fraction of sp³-hybridized carbons (Fsp3) is 0.757. The maximum Gasteiger partial charge on any atom is 0.341 e. The highest BCUT2D eigenvalue weighted by molar-refractivity contribution is 6.74. The number of hydrogen-bond acceptors (Lipinski definition) is 6. The lowest BCUT2D eigenvalue weighted by Crippen LogP contribution is -2.43. The van der Waals surface area contributed by atoms with Crippen molar-refractivity contribution in [1.82, 2.24) is 0 Å². The van der Waals surface area contributed by atoms with E-state index in [0.717, 1.165) is 12.8 Å². The lowest BCUT2D eigenvalue weighted by Gasteiger charge is -2.38. The van der Waals surface area contributed by atoms with E-state index in [1.165, 1.54) is 0 Å². The van der Waals surface area contributed by atoms with Crippen LogP contribution in [0.15, 0.2) is 36.0 Å². The number of Topliss-reactive ketones (excluding diaryl/α,β-unsaturated/α-hetero) is 1. The third kappa shape index (κ3) is 17.8. The Hall–Kier alpha value is -1.62. The topological polar surface area (TPSA) is 78.9 Å². The van der Waals surface area contributed by atoms with Crippen LogP contribution in [0.1, 0.15) is 128 Å². The molecule has 0 unspecified atom stereocenters. The number of unbranched alkanes of at least 4 members (excludes halogenated alkanes) is 1. The average Bonchev–Trinajstić information content (AvgIpc) is 2.84. The summed E-state index contributed by atoms with van der Waals surface area (Å²) in [6.45, 7) is 31.9. The Kier molecular flexibility index (Phi) is 18.0. The van der Waals surface area contributed by atoms with E-state index >= 15 is 0 Å². The SMILES string of the molecule is CC[C@@H](/C=C\CCC(=O)/C=C/CC/C=C(/C(=O)CCC[C@@H](C)O[Si](C)(C)C(C)(C)C)C(=O)OC(C)(C)C)O[Si](C)(C)C(C)(C)C. The van der Waals surface area contributed by atoms with Gasteiger partial charge in [0.15, 0.2) is 28.2 Å². The second-order valence-electron chi connectivity index (χ2n) is 16.4. The van der Waals surface area contributed by atoms with Gasteiger partial charge in [0.2, 0.25) is 0 Å². The molecule has 0 spiro atoms. The smallest absolute Gasteiger partial charge is 0.341 e. The fourth-order valence-corrected chi connectivity index (χ4v) is 6.81. The van der Waals surface area contributed by atoms with Gasteiger partial charge in [0.25, 0.3) is 0 Å². The first-order chi connectivity index (χ1) is 20.3.